The van der Waals surface area contributed by atoms with E-state index in [1.165, 1.54) is 12.3 Å². The van der Waals surface area contributed by atoms with E-state index in [0.717, 1.165) is 5.69 Å². The third-order valence-electron chi connectivity index (χ3n) is 2.78. The first-order chi connectivity index (χ1) is 10.1. The minimum absolute atomic E-state index is 0.0486. The molecule has 0 spiro atoms. The number of aromatic nitrogens is 1. The second-order valence-electron chi connectivity index (χ2n) is 4.32. The van der Waals surface area contributed by atoms with Gasteiger partial charge in [0.25, 0.3) is 0 Å². The number of rotatable bonds is 5. The van der Waals surface area contributed by atoms with Gasteiger partial charge in [-0.05, 0) is 24.3 Å². The molecule has 21 heavy (non-hydrogen) atoms. The average molecular weight is 286 g/mol. The summed E-state index contributed by atoms with van der Waals surface area (Å²) >= 11 is 0. The number of aromatic amines is 1. The molecule has 2 rings (SSSR count). The molecule has 1 aromatic heterocycles. The molecule has 0 unspecified atom stereocenters. The van der Waals surface area contributed by atoms with Crippen molar-refractivity contribution in [3.8, 4) is 0 Å². The Labute approximate surface area is 120 Å². The van der Waals surface area contributed by atoms with Crippen LogP contribution in [0.5, 0.6) is 0 Å². The molecule has 1 heterocycles. The summed E-state index contributed by atoms with van der Waals surface area (Å²) in [7, 11) is 0. The Bertz CT molecular complexity index is 701. The van der Waals surface area contributed by atoms with Gasteiger partial charge in [0.2, 0.25) is 0 Å². The molecule has 6 N–H and O–H groups in total. The van der Waals surface area contributed by atoms with E-state index in [0.29, 0.717) is 17.8 Å². The van der Waals surface area contributed by atoms with Gasteiger partial charge in [-0.1, -0.05) is 12.1 Å². The molecular weight excluding hydrogens is 271 g/mol. The van der Waals surface area contributed by atoms with E-state index in [9.17, 15) is 4.39 Å². The highest BCUT2D eigenvalue weighted by Crippen LogP contribution is 2.15. The van der Waals surface area contributed by atoms with E-state index in [-0.39, 0.29) is 11.5 Å². The van der Waals surface area contributed by atoms with Crippen molar-refractivity contribution in [3.63, 3.8) is 0 Å². The number of hydrazone groups is 1. The Morgan fingerprint density at radius 3 is 2.67 bits per heavy atom. The van der Waals surface area contributed by atoms with Crippen molar-refractivity contribution in [2.24, 2.45) is 21.7 Å². The number of hydrogen-bond donors (Lipinski definition) is 4. The van der Waals surface area contributed by atoms with Crippen molar-refractivity contribution in [1.29, 1.82) is 5.41 Å². The van der Waals surface area contributed by atoms with Crippen LogP contribution in [0.25, 0.3) is 0 Å². The zero-order chi connectivity index (χ0) is 15.2. The van der Waals surface area contributed by atoms with Gasteiger partial charge < -0.3 is 16.6 Å². The Balaban J connectivity index is 2.10. The van der Waals surface area contributed by atoms with Crippen molar-refractivity contribution in [1.82, 2.24) is 4.98 Å². The van der Waals surface area contributed by atoms with E-state index in [4.69, 9.17) is 17.0 Å². The Kier molecular flexibility index (Phi) is 4.45. The second kappa shape index (κ2) is 6.47. The molecule has 2 aromatic rings. The molecule has 0 bridgehead atoms. The third-order valence-corrected chi connectivity index (χ3v) is 2.78. The number of nitrogens with two attached hydrogens (primary N) is 2. The zero-order valence-electron chi connectivity index (χ0n) is 11.2. The van der Waals surface area contributed by atoms with Gasteiger partial charge in [-0.2, -0.15) is 5.10 Å². The zero-order valence-corrected chi connectivity index (χ0v) is 11.2. The van der Waals surface area contributed by atoms with E-state index >= 15 is 0 Å². The quantitative estimate of drug-likeness (QED) is 0.290. The number of nitrogens with one attached hydrogen (secondary N) is 2. The van der Waals surface area contributed by atoms with Gasteiger partial charge in [0, 0.05) is 12.1 Å². The largest absolute Gasteiger partial charge is 0.382 e. The molecule has 6 nitrogen and oxygen atoms in total. The van der Waals surface area contributed by atoms with Crippen molar-refractivity contribution in [2.45, 2.75) is 6.42 Å². The maximum absolute atomic E-state index is 13.4. The summed E-state index contributed by atoms with van der Waals surface area (Å²) in [6.07, 6.45) is 1.79. The van der Waals surface area contributed by atoms with Gasteiger partial charge >= 0.3 is 0 Å². The van der Waals surface area contributed by atoms with Crippen LogP contribution in [0.3, 0.4) is 0 Å². The molecule has 108 valence electrons. The van der Waals surface area contributed by atoms with Crippen LogP contribution in [0.2, 0.25) is 0 Å². The topological polar surface area (TPSA) is 116 Å². The number of amidine groups is 1. The number of nitrogens with zero attached hydrogens (tertiary/aromatic N) is 2. The first-order valence-corrected chi connectivity index (χ1v) is 6.18. The fraction of sp³-hybridized carbons (Fsp3) is 0.0714. The van der Waals surface area contributed by atoms with Crippen LogP contribution >= 0.6 is 0 Å². The molecule has 0 aliphatic rings. The normalized spacial score (nSPS) is 12.0. The average Bonchev–Trinajstić information content (AvgIpc) is 2.93. The fourth-order valence-corrected chi connectivity index (χ4v) is 1.72. The maximum Gasteiger partial charge on any atom is 0.148 e. The number of halogens is 1. The Morgan fingerprint density at radius 2 is 2.05 bits per heavy atom. The summed E-state index contributed by atoms with van der Waals surface area (Å²) in [5.74, 6) is 4.85. The summed E-state index contributed by atoms with van der Waals surface area (Å²) in [4.78, 5) is 6.99. The van der Waals surface area contributed by atoms with Crippen molar-refractivity contribution in [3.05, 3.63) is 53.6 Å². The minimum atomic E-state index is -0.413. The molecular formula is C14H15FN6. The van der Waals surface area contributed by atoms with Gasteiger partial charge in [-0.15, -0.1) is 0 Å². The van der Waals surface area contributed by atoms with Gasteiger partial charge in [0.1, 0.15) is 11.7 Å². The lowest BCUT2D eigenvalue weighted by Gasteiger charge is -1.99. The van der Waals surface area contributed by atoms with Crippen LogP contribution in [0, 0.1) is 11.2 Å². The van der Waals surface area contributed by atoms with Crippen LogP contribution in [-0.2, 0) is 6.42 Å². The molecule has 7 heteroatoms. The molecule has 0 radical (unpaired) electrons. The Hall–Kier alpha value is -2.96. The SMILES string of the molecule is N=C(N)c1ccc(CC(C=Nc2ccccc2F)=NN)[nH]1. The van der Waals surface area contributed by atoms with Crippen molar-refractivity contribution < 1.29 is 4.39 Å². The fourth-order valence-electron chi connectivity index (χ4n) is 1.72. The molecule has 0 atom stereocenters. The van der Waals surface area contributed by atoms with Crippen LogP contribution < -0.4 is 11.6 Å². The highest BCUT2D eigenvalue weighted by atomic mass is 19.1. The van der Waals surface area contributed by atoms with Gasteiger partial charge in [-0.3, -0.25) is 10.4 Å². The van der Waals surface area contributed by atoms with Crippen molar-refractivity contribution >= 4 is 23.4 Å². The molecule has 0 amide bonds. The third kappa shape index (κ3) is 3.75. The minimum Gasteiger partial charge on any atom is -0.382 e. The predicted octanol–water partition coefficient (Wildman–Crippen LogP) is 1.70. The number of benzene rings is 1. The summed E-state index contributed by atoms with van der Waals surface area (Å²) in [5.41, 5.74) is 7.36. The van der Waals surface area contributed by atoms with E-state index in [1.54, 1.807) is 30.3 Å². The summed E-state index contributed by atoms with van der Waals surface area (Å²) in [6, 6.07) is 9.64. The van der Waals surface area contributed by atoms with Gasteiger partial charge in [0.05, 0.1) is 23.3 Å². The van der Waals surface area contributed by atoms with Crippen LogP contribution in [0.4, 0.5) is 10.1 Å². The predicted molar refractivity (Wildman–Crippen MR) is 81.7 cm³/mol. The molecule has 0 aliphatic carbocycles. The number of aliphatic imine (C=N–C) groups is 1. The first-order valence-electron chi connectivity index (χ1n) is 6.18. The smallest absolute Gasteiger partial charge is 0.148 e. The highest BCUT2D eigenvalue weighted by Gasteiger charge is 2.05. The van der Waals surface area contributed by atoms with Gasteiger partial charge in [-0.25, -0.2) is 4.39 Å². The van der Waals surface area contributed by atoms with E-state index in [1.807, 2.05) is 0 Å². The Morgan fingerprint density at radius 1 is 1.29 bits per heavy atom. The number of H-pyrrole nitrogens is 1. The van der Waals surface area contributed by atoms with Crippen LogP contribution in [0.15, 0.2) is 46.5 Å². The summed E-state index contributed by atoms with van der Waals surface area (Å²) in [6.45, 7) is 0. The first kappa shape index (κ1) is 14.4. The summed E-state index contributed by atoms with van der Waals surface area (Å²) < 4.78 is 13.4. The molecule has 1 aromatic carbocycles. The lowest BCUT2D eigenvalue weighted by Crippen LogP contribution is -2.12. The van der Waals surface area contributed by atoms with Crippen molar-refractivity contribution in [2.75, 3.05) is 0 Å². The second-order valence-corrected chi connectivity index (χ2v) is 4.32. The van der Waals surface area contributed by atoms with Gasteiger partial charge in [0.15, 0.2) is 0 Å². The maximum atomic E-state index is 13.4. The molecule has 0 saturated carbocycles. The standard InChI is InChI=1S/C14H15FN6/c15-11-3-1-2-4-12(11)19-8-10(21-18)7-9-5-6-13(20-9)14(16)17/h1-6,8,20H,7,18H2,(H3,16,17). The highest BCUT2D eigenvalue weighted by molar-refractivity contribution is 6.31. The monoisotopic (exact) mass is 286 g/mol. The summed E-state index contributed by atoms with van der Waals surface area (Å²) in [5, 5.41) is 10.9. The van der Waals surface area contributed by atoms with Crippen LogP contribution in [0.1, 0.15) is 11.4 Å². The lowest BCUT2D eigenvalue weighted by molar-refractivity contribution is 0.630. The molecule has 0 aliphatic heterocycles. The lowest BCUT2D eigenvalue weighted by atomic mass is 10.2. The van der Waals surface area contributed by atoms with Crippen LogP contribution in [-0.4, -0.2) is 22.7 Å². The number of nitrogen functional groups attached to an aromatic ring is 1. The molecule has 0 saturated heterocycles. The van der Waals surface area contributed by atoms with E-state index < -0.39 is 5.82 Å². The van der Waals surface area contributed by atoms with E-state index in [2.05, 4.69) is 15.1 Å². The molecule has 0 fully saturated rings. The number of para-hydroxylation sites is 1. The number of hydrogen-bond acceptors (Lipinski definition) is 4.